The molecule has 0 bridgehead atoms. The molecule has 0 radical (unpaired) electrons. The lowest BCUT2D eigenvalue weighted by Gasteiger charge is -2.32. The highest BCUT2D eigenvalue weighted by Crippen LogP contribution is 2.24. The first-order valence-electron chi connectivity index (χ1n) is 10.2. The van der Waals surface area contributed by atoms with E-state index < -0.39 is 10.0 Å². The van der Waals surface area contributed by atoms with Crippen molar-refractivity contribution in [3.8, 4) is 0 Å². The van der Waals surface area contributed by atoms with Crippen LogP contribution in [0.4, 0.5) is 5.82 Å². The monoisotopic (exact) mass is 462 g/mol. The van der Waals surface area contributed by atoms with Crippen molar-refractivity contribution in [1.29, 1.82) is 0 Å². The topological polar surface area (TPSA) is 108 Å². The molecule has 10 heteroatoms. The van der Waals surface area contributed by atoms with E-state index in [0.717, 1.165) is 12.8 Å². The molecule has 2 heterocycles. The first-order valence-corrected chi connectivity index (χ1v) is 12.0. The van der Waals surface area contributed by atoms with Gasteiger partial charge < -0.3 is 10.2 Å². The highest BCUT2D eigenvalue weighted by molar-refractivity contribution is 7.89. The number of nitrogens with one attached hydrogen (secondary N) is 2. The quantitative estimate of drug-likeness (QED) is 0.686. The number of likely N-dealkylation sites (tertiary alicyclic amines) is 1. The maximum absolute atomic E-state index is 12.9. The molecule has 2 amide bonds. The Morgan fingerprint density at radius 1 is 1.06 bits per heavy atom. The summed E-state index contributed by atoms with van der Waals surface area (Å²) in [5.41, 5.74) is 0.394. The molecule has 1 aromatic heterocycles. The Morgan fingerprint density at radius 2 is 1.81 bits per heavy atom. The summed E-state index contributed by atoms with van der Waals surface area (Å²) >= 11 is 5.81. The second kappa shape index (κ2) is 8.94. The fourth-order valence-corrected chi connectivity index (χ4v) is 4.92. The van der Waals surface area contributed by atoms with Crippen molar-refractivity contribution in [1.82, 2.24) is 14.6 Å². The summed E-state index contributed by atoms with van der Waals surface area (Å²) < 4.78 is 27.2. The van der Waals surface area contributed by atoms with Gasteiger partial charge in [-0.15, -0.1) is 0 Å². The van der Waals surface area contributed by atoms with Gasteiger partial charge in [-0.25, -0.2) is 18.1 Å². The third-order valence-electron chi connectivity index (χ3n) is 5.37. The maximum atomic E-state index is 12.9. The average Bonchev–Trinajstić information content (AvgIpc) is 3.58. The van der Waals surface area contributed by atoms with E-state index >= 15 is 0 Å². The molecule has 1 aliphatic carbocycles. The number of carbonyl (C=O) groups excluding carboxylic acids is 2. The van der Waals surface area contributed by atoms with E-state index in [-0.39, 0.29) is 28.7 Å². The SMILES string of the molecule is O=C(Nc1ccc(Cl)cn1)C1CCCN(C(=O)c2ccc(S(=O)(=O)NC3CC3)cc2)C1. The number of piperidine rings is 1. The minimum atomic E-state index is -3.56. The molecule has 8 nitrogen and oxygen atoms in total. The van der Waals surface area contributed by atoms with Gasteiger partial charge in [-0.05, 0) is 62.1 Å². The number of rotatable bonds is 6. The Hall–Kier alpha value is -2.49. The van der Waals surface area contributed by atoms with Gasteiger partial charge in [0.15, 0.2) is 0 Å². The van der Waals surface area contributed by atoms with E-state index in [1.807, 2.05) is 0 Å². The molecule has 1 aromatic carbocycles. The molecular weight excluding hydrogens is 440 g/mol. The predicted molar refractivity (Wildman–Crippen MR) is 116 cm³/mol. The minimum absolute atomic E-state index is 0.0193. The van der Waals surface area contributed by atoms with Crippen LogP contribution in [0.1, 0.15) is 36.0 Å². The van der Waals surface area contributed by atoms with Gasteiger partial charge in [0.25, 0.3) is 5.91 Å². The first-order chi connectivity index (χ1) is 14.8. The fourth-order valence-electron chi connectivity index (χ4n) is 3.50. The zero-order valence-corrected chi connectivity index (χ0v) is 18.3. The molecule has 31 heavy (non-hydrogen) atoms. The highest BCUT2D eigenvalue weighted by Gasteiger charge is 2.30. The largest absolute Gasteiger partial charge is 0.338 e. The summed E-state index contributed by atoms with van der Waals surface area (Å²) in [6.07, 6.45) is 4.54. The van der Waals surface area contributed by atoms with Crippen LogP contribution < -0.4 is 10.0 Å². The lowest BCUT2D eigenvalue weighted by atomic mass is 9.96. The minimum Gasteiger partial charge on any atom is -0.338 e. The number of hydrogen-bond acceptors (Lipinski definition) is 5. The molecule has 1 unspecified atom stereocenters. The molecule has 2 aliphatic rings. The fraction of sp³-hybridized carbons (Fsp3) is 0.381. The molecule has 2 aromatic rings. The third kappa shape index (κ3) is 5.41. The number of halogens is 1. The molecule has 1 atom stereocenters. The third-order valence-corrected chi connectivity index (χ3v) is 7.13. The Morgan fingerprint density at radius 3 is 2.45 bits per heavy atom. The van der Waals surface area contributed by atoms with Gasteiger partial charge in [-0.3, -0.25) is 9.59 Å². The molecule has 2 fully saturated rings. The van der Waals surface area contributed by atoms with Crippen LogP contribution in [0.2, 0.25) is 5.02 Å². The van der Waals surface area contributed by atoms with Gasteiger partial charge in [-0.2, -0.15) is 0 Å². The predicted octanol–water partition coefficient (Wildman–Crippen LogP) is 2.67. The number of anilines is 1. The van der Waals surface area contributed by atoms with Crippen LogP contribution in [0.3, 0.4) is 0 Å². The Kier molecular flexibility index (Phi) is 6.27. The summed E-state index contributed by atoms with van der Waals surface area (Å²) in [5, 5.41) is 3.24. The van der Waals surface area contributed by atoms with Crippen LogP contribution in [-0.4, -0.2) is 49.2 Å². The van der Waals surface area contributed by atoms with E-state index in [0.29, 0.717) is 42.3 Å². The number of carbonyl (C=O) groups is 2. The van der Waals surface area contributed by atoms with Crippen molar-refractivity contribution in [3.63, 3.8) is 0 Å². The van der Waals surface area contributed by atoms with E-state index in [4.69, 9.17) is 11.6 Å². The van der Waals surface area contributed by atoms with Crippen LogP contribution in [0, 0.1) is 5.92 Å². The molecule has 164 valence electrons. The van der Waals surface area contributed by atoms with Crippen molar-refractivity contribution >= 4 is 39.3 Å². The molecule has 1 saturated carbocycles. The Labute approximate surface area is 186 Å². The Balaban J connectivity index is 1.39. The number of benzene rings is 1. The molecule has 1 saturated heterocycles. The van der Waals surface area contributed by atoms with Crippen LogP contribution in [0.5, 0.6) is 0 Å². The number of pyridine rings is 1. The number of amides is 2. The maximum Gasteiger partial charge on any atom is 0.253 e. The second-order valence-corrected chi connectivity index (χ2v) is 10.0. The second-order valence-electron chi connectivity index (χ2n) is 7.86. The lowest BCUT2D eigenvalue weighted by Crippen LogP contribution is -2.43. The van der Waals surface area contributed by atoms with Gasteiger partial charge >= 0.3 is 0 Å². The van der Waals surface area contributed by atoms with Crippen molar-refractivity contribution in [2.75, 3.05) is 18.4 Å². The lowest BCUT2D eigenvalue weighted by molar-refractivity contribution is -0.121. The Bertz CT molecular complexity index is 1070. The van der Waals surface area contributed by atoms with Gasteiger partial charge in [0.1, 0.15) is 5.82 Å². The average molecular weight is 463 g/mol. The molecule has 2 N–H and O–H groups in total. The number of aromatic nitrogens is 1. The number of hydrogen-bond donors (Lipinski definition) is 2. The molecule has 1 aliphatic heterocycles. The zero-order valence-electron chi connectivity index (χ0n) is 16.8. The number of sulfonamides is 1. The van der Waals surface area contributed by atoms with E-state index in [9.17, 15) is 18.0 Å². The van der Waals surface area contributed by atoms with Gasteiger partial charge in [0.05, 0.1) is 15.8 Å². The normalized spacial score (nSPS) is 19.1. The van der Waals surface area contributed by atoms with Gasteiger partial charge in [0.2, 0.25) is 15.9 Å². The van der Waals surface area contributed by atoms with E-state index in [2.05, 4.69) is 15.0 Å². The first kappa shape index (κ1) is 21.7. The van der Waals surface area contributed by atoms with Crippen molar-refractivity contribution in [3.05, 3.63) is 53.2 Å². The summed E-state index contributed by atoms with van der Waals surface area (Å²) in [5.74, 6) is -0.354. The smallest absolute Gasteiger partial charge is 0.253 e. The molecule has 4 rings (SSSR count). The van der Waals surface area contributed by atoms with Crippen LogP contribution in [-0.2, 0) is 14.8 Å². The van der Waals surface area contributed by atoms with Crippen molar-refractivity contribution < 1.29 is 18.0 Å². The summed E-state index contributed by atoms with van der Waals surface area (Å²) in [7, 11) is -3.56. The summed E-state index contributed by atoms with van der Waals surface area (Å²) in [6.45, 7) is 0.840. The standard InChI is InChI=1S/C21H23ClN4O4S/c22-16-5-10-19(23-12-16)24-20(27)15-2-1-11-26(13-15)21(28)14-3-8-18(9-4-14)31(29,30)25-17-6-7-17/h3-5,8-10,12,15,17,25H,1-2,6-7,11,13H2,(H,23,24,27). The van der Waals surface area contributed by atoms with Gasteiger partial charge in [-0.1, -0.05) is 11.6 Å². The highest BCUT2D eigenvalue weighted by atomic mass is 35.5. The van der Waals surface area contributed by atoms with Gasteiger partial charge in [0, 0.05) is 30.9 Å². The summed E-state index contributed by atoms with van der Waals surface area (Å²) in [6, 6.07) is 9.21. The molecular formula is C21H23ClN4O4S. The van der Waals surface area contributed by atoms with E-state index in [1.54, 1.807) is 17.0 Å². The van der Waals surface area contributed by atoms with Crippen LogP contribution in [0.15, 0.2) is 47.5 Å². The van der Waals surface area contributed by atoms with E-state index in [1.165, 1.54) is 30.5 Å². The van der Waals surface area contributed by atoms with Crippen molar-refractivity contribution in [2.24, 2.45) is 5.92 Å². The zero-order chi connectivity index (χ0) is 22.0. The van der Waals surface area contributed by atoms with Crippen LogP contribution >= 0.6 is 11.6 Å². The molecule has 0 spiro atoms. The van der Waals surface area contributed by atoms with Crippen LogP contribution in [0.25, 0.3) is 0 Å². The number of nitrogens with zero attached hydrogens (tertiary/aromatic N) is 2. The summed E-state index contributed by atoms with van der Waals surface area (Å²) in [4.78, 5) is 31.4. The van der Waals surface area contributed by atoms with Crippen molar-refractivity contribution in [2.45, 2.75) is 36.6 Å².